The third-order valence-electron chi connectivity index (χ3n) is 3.52. The molecule has 1 atom stereocenters. The number of carbonyl (C=O) groups is 1. The number of para-hydroxylation sites is 1. The second-order valence-corrected chi connectivity index (χ2v) is 5.19. The van der Waals surface area contributed by atoms with Crippen molar-refractivity contribution in [3.05, 3.63) is 59.7 Å². The van der Waals surface area contributed by atoms with Gasteiger partial charge in [0.05, 0.1) is 6.61 Å². The molecule has 0 aliphatic carbocycles. The van der Waals surface area contributed by atoms with Gasteiger partial charge >= 0.3 is 0 Å². The summed E-state index contributed by atoms with van der Waals surface area (Å²) in [7, 11) is 0. The Morgan fingerprint density at radius 1 is 1.05 bits per heavy atom. The zero-order valence-corrected chi connectivity index (χ0v) is 13.1. The highest BCUT2D eigenvalue weighted by Gasteiger charge is 2.16. The van der Waals surface area contributed by atoms with Crippen LogP contribution in [0.5, 0.6) is 11.5 Å². The average Bonchev–Trinajstić information content (AvgIpc) is 2.55. The van der Waals surface area contributed by atoms with E-state index in [1.165, 1.54) is 0 Å². The Morgan fingerprint density at radius 3 is 2.50 bits per heavy atom. The normalized spacial score (nSPS) is 11.7. The fourth-order valence-corrected chi connectivity index (χ4v) is 2.35. The maximum Gasteiger partial charge on any atom is 0.165 e. The minimum absolute atomic E-state index is 0.101. The zero-order chi connectivity index (χ0) is 15.8. The van der Waals surface area contributed by atoms with Crippen molar-refractivity contribution >= 4 is 6.29 Å². The fourth-order valence-electron chi connectivity index (χ4n) is 2.35. The van der Waals surface area contributed by atoms with E-state index in [0.29, 0.717) is 19.6 Å². The molecule has 0 amide bonds. The highest BCUT2D eigenvalue weighted by atomic mass is 16.5. The van der Waals surface area contributed by atoms with Gasteiger partial charge in [0.1, 0.15) is 12.9 Å². The fraction of sp³-hybridized carbons (Fsp3) is 0.316. The monoisotopic (exact) mass is 298 g/mol. The minimum Gasteiger partial charge on any atom is -0.490 e. The standard InChI is InChI=1S/C19H22O3/c1-3-21-18-11-7-10-17(15(2)12-13-20)19(18)22-14-16-8-5-4-6-9-16/h4-11,13,15H,3,12,14H2,1-2H3. The summed E-state index contributed by atoms with van der Waals surface area (Å²) in [5, 5.41) is 0. The lowest BCUT2D eigenvalue weighted by Gasteiger charge is -2.19. The van der Waals surface area contributed by atoms with Crippen LogP contribution in [0.15, 0.2) is 48.5 Å². The predicted octanol–water partition coefficient (Wildman–Crippen LogP) is 4.36. The maximum atomic E-state index is 10.8. The van der Waals surface area contributed by atoms with Gasteiger partial charge in [-0.05, 0) is 24.5 Å². The van der Waals surface area contributed by atoms with Gasteiger partial charge in [0.25, 0.3) is 0 Å². The van der Waals surface area contributed by atoms with E-state index in [2.05, 4.69) is 0 Å². The molecule has 2 aromatic carbocycles. The first-order chi connectivity index (χ1) is 10.8. The number of carbonyl (C=O) groups excluding carboxylic acids is 1. The SMILES string of the molecule is CCOc1cccc(C(C)CC=O)c1OCc1ccccc1. The molecular formula is C19H22O3. The summed E-state index contributed by atoms with van der Waals surface area (Å²) in [6.07, 6.45) is 1.41. The molecule has 0 aliphatic heterocycles. The van der Waals surface area contributed by atoms with E-state index < -0.39 is 0 Å². The smallest absolute Gasteiger partial charge is 0.165 e. The molecule has 2 aromatic rings. The average molecular weight is 298 g/mol. The van der Waals surface area contributed by atoms with Crippen LogP contribution in [0.1, 0.15) is 37.3 Å². The Morgan fingerprint density at radius 2 is 1.82 bits per heavy atom. The lowest BCUT2D eigenvalue weighted by atomic mass is 9.97. The van der Waals surface area contributed by atoms with Gasteiger partial charge in [-0.25, -0.2) is 0 Å². The summed E-state index contributed by atoms with van der Waals surface area (Å²) in [6, 6.07) is 15.9. The molecule has 3 nitrogen and oxygen atoms in total. The second-order valence-electron chi connectivity index (χ2n) is 5.19. The maximum absolute atomic E-state index is 10.8. The number of ether oxygens (including phenoxy) is 2. The number of benzene rings is 2. The molecule has 0 fully saturated rings. The quantitative estimate of drug-likeness (QED) is 0.679. The van der Waals surface area contributed by atoms with Crippen molar-refractivity contribution in [2.75, 3.05) is 6.61 Å². The molecule has 22 heavy (non-hydrogen) atoms. The van der Waals surface area contributed by atoms with E-state index in [-0.39, 0.29) is 5.92 Å². The summed E-state index contributed by atoms with van der Waals surface area (Å²) in [6.45, 7) is 5.02. The predicted molar refractivity (Wildman–Crippen MR) is 87.5 cm³/mol. The van der Waals surface area contributed by atoms with Crippen molar-refractivity contribution in [1.29, 1.82) is 0 Å². The van der Waals surface area contributed by atoms with Crippen molar-refractivity contribution in [2.24, 2.45) is 0 Å². The van der Waals surface area contributed by atoms with E-state index in [1.54, 1.807) is 0 Å². The van der Waals surface area contributed by atoms with Crippen LogP contribution < -0.4 is 9.47 Å². The Bertz CT molecular complexity index is 593. The molecule has 0 N–H and O–H groups in total. The minimum atomic E-state index is 0.101. The van der Waals surface area contributed by atoms with Gasteiger partial charge in [-0.1, -0.05) is 49.4 Å². The van der Waals surface area contributed by atoms with Crippen LogP contribution in [0.2, 0.25) is 0 Å². The van der Waals surface area contributed by atoms with Crippen LogP contribution in [0.3, 0.4) is 0 Å². The number of hydrogen-bond donors (Lipinski definition) is 0. The molecular weight excluding hydrogens is 276 g/mol. The molecule has 0 aliphatic rings. The van der Waals surface area contributed by atoms with E-state index >= 15 is 0 Å². The van der Waals surface area contributed by atoms with Gasteiger partial charge in [0.2, 0.25) is 0 Å². The summed E-state index contributed by atoms with van der Waals surface area (Å²) in [5.74, 6) is 1.57. The van der Waals surface area contributed by atoms with E-state index in [9.17, 15) is 4.79 Å². The van der Waals surface area contributed by atoms with Gasteiger partial charge in [-0.2, -0.15) is 0 Å². The Kier molecular flexibility index (Phi) is 6.01. The summed E-state index contributed by atoms with van der Waals surface area (Å²) in [5.41, 5.74) is 2.11. The van der Waals surface area contributed by atoms with Crippen molar-refractivity contribution in [2.45, 2.75) is 32.8 Å². The first-order valence-electron chi connectivity index (χ1n) is 7.62. The third kappa shape index (κ3) is 4.10. The summed E-state index contributed by atoms with van der Waals surface area (Å²) < 4.78 is 11.7. The van der Waals surface area contributed by atoms with Gasteiger partial charge in [0, 0.05) is 12.0 Å². The third-order valence-corrected chi connectivity index (χ3v) is 3.52. The van der Waals surface area contributed by atoms with Crippen LogP contribution in [-0.2, 0) is 11.4 Å². The number of aldehydes is 1. The van der Waals surface area contributed by atoms with Crippen LogP contribution >= 0.6 is 0 Å². The van der Waals surface area contributed by atoms with E-state index in [1.807, 2.05) is 62.4 Å². The first kappa shape index (κ1) is 16.1. The van der Waals surface area contributed by atoms with Gasteiger partial charge in [-0.3, -0.25) is 0 Å². The van der Waals surface area contributed by atoms with Crippen molar-refractivity contribution < 1.29 is 14.3 Å². The van der Waals surface area contributed by atoms with E-state index in [4.69, 9.17) is 9.47 Å². The first-order valence-corrected chi connectivity index (χ1v) is 7.62. The Hall–Kier alpha value is -2.29. The number of hydrogen-bond acceptors (Lipinski definition) is 3. The Labute approximate surface area is 131 Å². The molecule has 1 unspecified atom stereocenters. The van der Waals surface area contributed by atoms with Crippen LogP contribution in [0, 0.1) is 0 Å². The molecule has 3 heteroatoms. The molecule has 116 valence electrons. The molecule has 0 bridgehead atoms. The summed E-state index contributed by atoms with van der Waals surface area (Å²) in [4.78, 5) is 10.8. The molecule has 0 heterocycles. The highest BCUT2D eigenvalue weighted by Crippen LogP contribution is 2.37. The molecule has 0 spiro atoms. The van der Waals surface area contributed by atoms with Gasteiger partial charge in [-0.15, -0.1) is 0 Å². The molecule has 0 saturated carbocycles. The van der Waals surface area contributed by atoms with Gasteiger partial charge in [0.15, 0.2) is 11.5 Å². The Balaban J connectivity index is 2.26. The second kappa shape index (κ2) is 8.23. The lowest BCUT2D eigenvalue weighted by molar-refractivity contribution is -0.108. The van der Waals surface area contributed by atoms with Gasteiger partial charge < -0.3 is 14.3 Å². The lowest BCUT2D eigenvalue weighted by Crippen LogP contribution is -2.05. The molecule has 0 radical (unpaired) electrons. The van der Waals surface area contributed by atoms with Crippen LogP contribution in [-0.4, -0.2) is 12.9 Å². The topological polar surface area (TPSA) is 35.5 Å². The van der Waals surface area contributed by atoms with Crippen molar-refractivity contribution in [3.8, 4) is 11.5 Å². The molecule has 2 rings (SSSR count). The largest absolute Gasteiger partial charge is 0.490 e. The van der Waals surface area contributed by atoms with Crippen LogP contribution in [0.25, 0.3) is 0 Å². The van der Waals surface area contributed by atoms with E-state index in [0.717, 1.165) is 28.9 Å². The molecule has 0 saturated heterocycles. The molecule has 0 aromatic heterocycles. The highest BCUT2D eigenvalue weighted by molar-refractivity contribution is 5.55. The summed E-state index contributed by atoms with van der Waals surface area (Å²) >= 11 is 0. The van der Waals surface area contributed by atoms with Crippen molar-refractivity contribution in [1.82, 2.24) is 0 Å². The zero-order valence-electron chi connectivity index (χ0n) is 13.1. The number of rotatable bonds is 8. The van der Waals surface area contributed by atoms with Crippen molar-refractivity contribution in [3.63, 3.8) is 0 Å². The van der Waals surface area contributed by atoms with Crippen LogP contribution in [0.4, 0.5) is 0 Å².